The Morgan fingerprint density at radius 1 is 1.03 bits per heavy atom. The largest absolute Gasteiger partial charge is 0.507 e. The van der Waals surface area contributed by atoms with Gasteiger partial charge in [0.05, 0.1) is 31.9 Å². The number of aliphatic hydroxyl groups excluding tert-OH is 1. The van der Waals surface area contributed by atoms with Gasteiger partial charge in [0.2, 0.25) is 0 Å². The third-order valence-corrected chi connectivity index (χ3v) is 6.35. The van der Waals surface area contributed by atoms with E-state index in [9.17, 15) is 14.7 Å². The molecule has 2 heterocycles. The Hall–Kier alpha value is -3.72. The number of hydrogen-bond acceptors (Lipinski definition) is 8. The molecule has 2 aliphatic heterocycles. The van der Waals surface area contributed by atoms with E-state index in [2.05, 4.69) is 13.8 Å². The van der Waals surface area contributed by atoms with E-state index in [1.54, 1.807) is 36.4 Å². The molecule has 9 heteroatoms. The van der Waals surface area contributed by atoms with E-state index in [1.165, 1.54) is 19.1 Å². The first-order chi connectivity index (χ1) is 17.8. The molecule has 9 nitrogen and oxygen atoms in total. The van der Waals surface area contributed by atoms with E-state index in [1.807, 2.05) is 0 Å². The second kappa shape index (κ2) is 11.6. The summed E-state index contributed by atoms with van der Waals surface area (Å²) in [5.74, 6) is 0.762. The first kappa shape index (κ1) is 26.3. The zero-order valence-electron chi connectivity index (χ0n) is 21.6. The van der Waals surface area contributed by atoms with E-state index in [0.717, 1.165) is 6.42 Å². The smallest absolute Gasteiger partial charge is 0.295 e. The standard InChI is InChI=1S/C28H33NO8/c1-17(2)9-11-35-20-7-5-18(15-22(20)34-4)25-24(27(31)28(32)29(25)10-12-33-3)26(30)19-6-8-21-23(16-19)37-14-13-36-21/h5-8,15-17,25,30H,9-14H2,1-4H3. The third-order valence-electron chi connectivity index (χ3n) is 6.35. The lowest BCUT2D eigenvalue weighted by molar-refractivity contribution is -0.140. The van der Waals surface area contributed by atoms with E-state index in [-0.39, 0.29) is 24.5 Å². The van der Waals surface area contributed by atoms with Gasteiger partial charge in [0.1, 0.15) is 19.0 Å². The van der Waals surface area contributed by atoms with Crippen molar-refractivity contribution in [1.29, 1.82) is 0 Å². The van der Waals surface area contributed by atoms with Crippen LogP contribution in [0.25, 0.3) is 5.76 Å². The Morgan fingerprint density at radius 2 is 1.78 bits per heavy atom. The van der Waals surface area contributed by atoms with Crippen LogP contribution >= 0.6 is 0 Å². The molecular weight excluding hydrogens is 478 g/mol. The fourth-order valence-corrected chi connectivity index (χ4v) is 4.37. The van der Waals surface area contributed by atoms with Gasteiger partial charge in [-0.1, -0.05) is 19.9 Å². The predicted molar refractivity (Wildman–Crippen MR) is 136 cm³/mol. The van der Waals surface area contributed by atoms with Gasteiger partial charge >= 0.3 is 0 Å². The predicted octanol–water partition coefficient (Wildman–Crippen LogP) is 3.96. The minimum Gasteiger partial charge on any atom is -0.507 e. The van der Waals surface area contributed by atoms with Crippen LogP contribution in [-0.4, -0.2) is 68.9 Å². The van der Waals surface area contributed by atoms with Crippen molar-refractivity contribution >= 4 is 17.4 Å². The van der Waals surface area contributed by atoms with Crippen molar-refractivity contribution in [3.8, 4) is 23.0 Å². The number of amides is 1. The van der Waals surface area contributed by atoms with Gasteiger partial charge in [0.25, 0.3) is 11.7 Å². The van der Waals surface area contributed by atoms with Gasteiger partial charge in [-0.05, 0) is 48.2 Å². The van der Waals surface area contributed by atoms with Gasteiger partial charge < -0.3 is 33.7 Å². The number of fused-ring (bicyclic) bond motifs is 1. The number of Topliss-reactive ketones (excluding diaryl/α,β-unsaturated/α-hetero) is 1. The molecule has 0 saturated carbocycles. The monoisotopic (exact) mass is 511 g/mol. The molecule has 0 aliphatic carbocycles. The van der Waals surface area contributed by atoms with Crippen LogP contribution in [0.15, 0.2) is 42.0 Å². The van der Waals surface area contributed by atoms with Gasteiger partial charge in [0.15, 0.2) is 23.0 Å². The van der Waals surface area contributed by atoms with E-state index in [4.69, 9.17) is 23.7 Å². The number of methoxy groups -OCH3 is 2. The van der Waals surface area contributed by atoms with Crippen molar-refractivity contribution in [2.75, 3.05) is 47.2 Å². The van der Waals surface area contributed by atoms with Crippen molar-refractivity contribution in [3.05, 3.63) is 53.1 Å². The van der Waals surface area contributed by atoms with Gasteiger partial charge in [0, 0.05) is 19.2 Å². The Bertz CT molecular complexity index is 1190. The summed E-state index contributed by atoms with van der Waals surface area (Å²) in [6.07, 6.45) is 0.887. The number of ether oxygens (including phenoxy) is 5. The topological polar surface area (TPSA) is 104 Å². The fraction of sp³-hybridized carbons (Fsp3) is 0.429. The number of carbonyl (C=O) groups is 2. The number of carbonyl (C=O) groups excluding carboxylic acids is 2. The van der Waals surface area contributed by atoms with Crippen molar-refractivity contribution < 1.29 is 38.4 Å². The molecule has 2 aromatic rings. The van der Waals surface area contributed by atoms with Crippen LogP contribution in [-0.2, 0) is 14.3 Å². The lowest BCUT2D eigenvalue weighted by atomic mass is 9.94. The molecule has 0 bridgehead atoms. The van der Waals surface area contributed by atoms with E-state index < -0.39 is 17.7 Å². The highest BCUT2D eigenvalue weighted by atomic mass is 16.6. The molecule has 37 heavy (non-hydrogen) atoms. The number of aliphatic hydroxyl groups is 1. The van der Waals surface area contributed by atoms with E-state index in [0.29, 0.717) is 59.9 Å². The summed E-state index contributed by atoms with van der Waals surface area (Å²) in [5, 5.41) is 11.3. The molecular formula is C28H33NO8. The molecule has 1 atom stereocenters. The maximum atomic E-state index is 13.2. The quantitative estimate of drug-likeness (QED) is 0.291. The van der Waals surface area contributed by atoms with Crippen LogP contribution in [0.2, 0.25) is 0 Å². The minimum absolute atomic E-state index is 0.0201. The van der Waals surface area contributed by atoms with E-state index >= 15 is 0 Å². The summed E-state index contributed by atoms with van der Waals surface area (Å²) in [7, 11) is 3.05. The van der Waals surface area contributed by atoms with Crippen LogP contribution in [0.4, 0.5) is 0 Å². The molecule has 1 unspecified atom stereocenters. The molecule has 0 spiro atoms. The summed E-state index contributed by atoms with van der Waals surface area (Å²) in [5.41, 5.74) is 0.926. The minimum atomic E-state index is -0.845. The van der Waals surface area contributed by atoms with Crippen molar-refractivity contribution in [3.63, 3.8) is 0 Å². The number of likely N-dealkylation sites (tertiary alicyclic amines) is 1. The molecule has 2 aromatic carbocycles. The average Bonchev–Trinajstić information content (AvgIpc) is 3.16. The first-order valence-corrected chi connectivity index (χ1v) is 12.3. The highest BCUT2D eigenvalue weighted by molar-refractivity contribution is 6.46. The number of hydrogen-bond donors (Lipinski definition) is 1. The molecule has 2 aliphatic rings. The van der Waals surface area contributed by atoms with Crippen LogP contribution < -0.4 is 18.9 Å². The van der Waals surface area contributed by atoms with Gasteiger partial charge in [-0.3, -0.25) is 9.59 Å². The highest BCUT2D eigenvalue weighted by Gasteiger charge is 2.46. The Labute approximate surface area is 216 Å². The normalized spacial score (nSPS) is 18.4. The SMILES string of the molecule is COCCN1C(=O)C(=O)C(=C(O)c2ccc3c(c2)OCCO3)C1c1ccc(OCCC(C)C)c(OC)c1. The zero-order chi connectivity index (χ0) is 26.5. The Morgan fingerprint density at radius 3 is 2.49 bits per heavy atom. The number of benzene rings is 2. The van der Waals surface area contributed by atoms with Gasteiger partial charge in [-0.25, -0.2) is 0 Å². The van der Waals surface area contributed by atoms with Crippen LogP contribution in [0.5, 0.6) is 23.0 Å². The number of nitrogens with zero attached hydrogens (tertiary/aromatic N) is 1. The number of ketones is 1. The summed E-state index contributed by atoms with van der Waals surface area (Å²) in [4.78, 5) is 27.7. The maximum absolute atomic E-state index is 13.2. The highest BCUT2D eigenvalue weighted by Crippen LogP contribution is 2.43. The maximum Gasteiger partial charge on any atom is 0.295 e. The summed E-state index contributed by atoms with van der Waals surface area (Å²) in [6.45, 7) is 5.97. The fourth-order valence-electron chi connectivity index (χ4n) is 4.37. The molecule has 1 saturated heterocycles. The Balaban J connectivity index is 1.77. The molecule has 0 radical (unpaired) electrons. The molecule has 1 N–H and O–H groups in total. The van der Waals surface area contributed by atoms with Crippen molar-refractivity contribution in [2.24, 2.45) is 5.92 Å². The molecule has 198 valence electrons. The number of rotatable bonds is 10. The average molecular weight is 512 g/mol. The van der Waals surface area contributed by atoms with Crippen LogP contribution in [0.3, 0.4) is 0 Å². The third kappa shape index (κ3) is 5.51. The van der Waals surface area contributed by atoms with Gasteiger partial charge in [-0.15, -0.1) is 0 Å². The second-order valence-corrected chi connectivity index (χ2v) is 9.29. The molecule has 1 amide bonds. The summed E-state index contributed by atoms with van der Waals surface area (Å²) < 4.78 is 27.9. The molecule has 0 aromatic heterocycles. The first-order valence-electron chi connectivity index (χ1n) is 12.3. The van der Waals surface area contributed by atoms with Crippen molar-refractivity contribution in [1.82, 2.24) is 4.90 Å². The second-order valence-electron chi connectivity index (χ2n) is 9.29. The van der Waals surface area contributed by atoms with Crippen LogP contribution in [0, 0.1) is 5.92 Å². The van der Waals surface area contributed by atoms with Gasteiger partial charge in [-0.2, -0.15) is 0 Å². The summed E-state index contributed by atoms with van der Waals surface area (Å²) in [6, 6.07) is 9.34. The zero-order valence-corrected chi connectivity index (χ0v) is 21.6. The van der Waals surface area contributed by atoms with Crippen molar-refractivity contribution in [2.45, 2.75) is 26.3 Å². The molecule has 4 rings (SSSR count). The lowest BCUT2D eigenvalue weighted by Gasteiger charge is -2.26. The van der Waals surface area contributed by atoms with Crippen LogP contribution in [0.1, 0.15) is 37.4 Å². The lowest BCUT2D eigenvalue weighted by Crippen LogP contribution is -2.32. The Kier molecular flexibility index (Phi) is 8.23. The summed E-state index contributed by atoms with van der Waals surface area (Å²) >= 11 is 0. The molecule has 1 fully saturated rings.